The molecule has 8 heteroatoms. The summed E-state index contributed by atoms with van der Waals surface area (Å²) in [5.41, 5.74) is -1.21. The molecule has 0 radical (unpaired) electrons. The van der Waals surface area contributed by atoms with E-state index in [1.54, 1.807) is 7.05 Å². The molecule has 2 rings (SSSR count). The van der Waals surface area contributed by atoms with Gasteiger partial charge in [-0.1, -0.05) is 13.3 Å². The van der Waals surface area contributed by atoms with Crippen LogP contribution in [0.4, 0.5) is 13.2 Å². The zero-order chi connectivity index (χ0) is 18.8. The number of nitrogens with zero attached hydrogens (tertiary/aromatic N) is 2. The molecule has 1 aromatic heterocycles. The molecule has 25 heavy (non-hydrogen) atoms. The van der Waals surface area contributed by atoms with E-state index in [0.29, 0.717) is 5.92 Å². The molecule has 138 valence electrons. The van der Waals surface area contributed by atoms with Crippen LogP contribution in [0.2, 0.25) is 0 Å². The number of rotatable bonds is 7. The lowest BCUT2D eigenvalue weighted by Gasteiger charge is -2.24. The summed E-state index contributed by atoms with van der Waals surface area (Å²) in [6, 6.07) is 1.27. The third-order valence-electron chi connectivity index (χ3n) is 4.41. The number of hydrogen-bond acceptors (Lipinski definition) is 3. The van der Waals surface area contributed by atoms with E-state index in [4.69, 9.17) is 0 Å². The van der Waals surface area contributed by atoms with Crippen LogP contribution in [0.5, 0.6) is 0 Å². The summed E-state index contributed by atoms with van der Waals surface area (Å²) in [4.78, 5) is 28.7. The number of aromatic nitrogens is 1. The average Bonchev–Trinajstić information content (AvgIpc) is 3.33. The summed E-state index contributed by atoms with van der Waals surface area (Å²) >= 11 is 0. The second-order valence-corrected chi connectivity index (χ2v) is 6.51. The number of carbonyl (C=O) groups excluding carboxylic acids is 2. The predicted molar refractivity (Wildman–Crippen MR) is 85.2 cm³/mol. The molecule has 0 saturated heterocycles. The van der Waals surface area contributed by atoms with Gasteiger partial charge in [-0.05, 0) is 31.4 Å². The standard InChI is InChI=1S/C17H22F3N3O2/c1-4-11-8-12(11)15(24)23(3)9-10(2)22-16(25)17(19,20)14-13(18)6-5-7-21-14/h5-7,10-12H,4,8-9H2,1-3H3,(H,22,25)/t10?,11-,12-/m1/s1. The smallest absolute Gasteiger partial charge is 0.346 e. The van der Waals surface area contributed by atoms with Crippen molar-refractivity contribution in [3.63, 3.8) is 0 Å². The number of hydrogen-bond donors (Lipinski definition) is 1. The highest BCUT2D eigenvalue weighted by Gasteiger charge is 2.46. The molecule has 1 saturated carbocycles. The molecule has 0 bridgehead atoms. The fourth-order valence-corrected chi connectivity index (χ4v) is 2.87. The van der Waals surface area contributed by atoms with Gasteiger partial charge in [0.2, 0.25) is 5.91 Å². The number of amides is 2. The summed E-state index contributed by atoms with van der Waals surface area (Å²) in [7, 11) is 1.58. The van der Waals surface area contributed by atoms with Crippen molar-refractivity contribution in [1.29, 1.82) is 0 Å². The minimum absolute atomic E-state index is 0.0121. The first kappa shape index (κ1) is 19.2. The normalized spacial score (nSPS) is 20.7. The Morgan fingerprint density at radius 2 is 2.16 bits per heavy atom. The Kier molecular flexibility index (Phi) is 5.69. The number of carbonyl (C=O) groups is 2. The van der Waals surface area contributed by atoms with Crippen molar-refractivity contribution < 1.29 is 22.8 Å². The van der Waals surface area contributed by atoms with E-state index >= 15 is 0 Å². The Balaban J connectivity index is 1.93. The van der Waals surface area contributed by atoms with Crippen LogP contribution in [0.1, 0.15) is 32.4 Å². The van der Waals surface area contributed by atoms with Gasteiger partial charge in [0, 0.05) is 31.7 Å². The molecule has 1 unspecified atom stereocenters. The van der Waals surface area contributed by atoms with E-state index in [1.807, 2.05) is 6.92 Å². The highest BCUT2D eigenvalue weighted by atomic mass is 19.3. The van der Waals surface area contributed by atoms with Gasteiger partial charge in [0.25, 0.3) is 5.91 Å². The Labute approximate surface area is 144 Å². The topological polar surface area (TPSA) is 62.3 Å². The predicted octanol–water partition coefficient (Wildman–Crippen LogP) is 2.32. The van der Waals surface area contributed by atoms with Gasteiger partial charge in [-0.15, -0.1) is 0 Å². The van der Waals surface area contributed by atoms with Crippen molar-refractivity contribution in [2.24, 2.45) is 11.8 Å². The van der Waals surface area contributed by atoms with Crippen LogP contribution in [0.25, 0.3) is 0 Å². The first-order chi connectivity index (χ1) is 11.7. The third-order valence-corrected chi connectivity index (χ3v) is 4.41. The second-order valence-electron chi connectivity index (χ2n) is 6.51. The monoisotopic (exact) mass is 357 g/mol. The van der Waals surface area contributed by atoms with Crippen LogP contribution in [-0.4, -0.2) is 41.3 Å². The van der Waals surface area contributed by atoms with Crippen molar-refractivity contribution in [2.45, 2.75) is 38.7 Å². The van der Waals surface area contributed by atoms with Gasteiger partial charge >= 0.3 is 5.92 Å². The molecule has 1 heterocycles. The van der Waals surface area contributed by atoms with Gasteiger partial charge in [-0.2, -0.15) is 8.78 Å². The second kappa shape index (κ2) is 7.41. The van der Waals surface area contributed by atoms with Crippen molar-refractivity contribution >= 4 is 11.8 Å². The molecule has 0 spiro atoms. The van der Waals surface area contributed by atoms with Crippen molar-refractivity contribution in [2.75, 3.05) is 13.6 Å². The minimum Gasteiger partial charge on any atom is -0.346 e. The minimum atomic E-state index is -4.09. The van der Waals surface area contributed by atoms with Crippen LogP contribution in [-0.2, 0) is 15.5 Å². The first-order valence-corrected chi connectivity index (χ1v) is 8.23. The Hall–Kier alpha value is -2.12. The van der Waals surface area contributed by atoms with E-state index in [2.05, 4.69) is 10.3 Å². The SMILES string of the molecule is CC[C@@H]1C[C@H]1C(=O)N(C)CC(C)NC(=O)C(F)(F)c1ncccc1F. The fourth-order valence-electron chi connectivity index (χ4n) is 2.87. The quantitative estimate of drug-likeness (QED) is 0.815. The fraction of sp³-hybridized carbons (Fsp3) is 0.588. The van der Waals surface area contributed by atoms with Gasteiger partial charge in [-0.3, -0.25) is 14.6 Å². The van der Waals surface area contributed by atoms with Gasteiger partial charge in [0.05, 0.1) is 0 Å². The van der Waals surface area contributed by atoms with Gasteiger partial charge in [0.1, 0.15) is 0 Å². The Morgan fingerprint density at radius 3 is 2.72 bits per heavy atom. The van der Waals surface area contributed by atoms with Crippen LogP contribution in [0.15, 0.2) is 18.3 Å². The summed E-state index contributed by atoms with van der Waals surface area (Å²) in [6.07, 6.45) is 2.77. The molecule has 1 N–H and O–H groups in total. The lowest BCUT2D eigenvalue weighted by molar-refractivity contribution is -0.149. The summed E-state index contributed by atoms with van der Waals surface area (Å²) in [5, 5.41) is 2.13. The molecule has 0 aliphatic heterocycles. The summed E-state index contributed by atoms with van der Waals surface area (Å²) in [5.74, 6) is -6.65. The highest BCUT2D eigenvalue weighted by Crippen LogP contribution is 2.42. The van der Waals surface area contributed by atoms with E-state index in [9.17, 15) is 22.8 Å². The molecule has 2 amide bonds. The van der Waals surface area contributed by atoms with Gasteiger partial charge in [0.15, 0.2) is 11.5 Å². The van der Waals surface area contributed by atoms with E-state index in [1.165, 1.54) is 11.8 Å². The third kappa shape index (κ3) is 4.29. The van der Waals surface area contributed by atoms with Crippen LogP contribution >= 0.6 is 0 Å². The number of alkyl halides is 2. The number of likely N-dealkylation sites (N-methyl/N-ethyl adjacent to an activating group) is 1. The number of nitrogens with one attached hydrogen (secondary N) is 1. The number of halogens is 3. The van der Waals surface area contributed by atoms with Crippen molar-refractivity contribution in [3.8, 4) is 0 Å². The zero-order valence-corrected chi connectivity index (χ0v) is 14.4. The Morgan fingerprint density at radius 1 is 1.48 bits per heavy atom. The van der Waals surface area contributed by atoms with E-state index in [-0.39, 0.29) is 18.4 Å². The maximum atomic E-state index is 14.1. The lowest BCUT2D eigenvalue weighted by atomic mass is 10.1. The van der Waals surface area contributed by atoms with Crippen LogP contribution in [0, 0.1) is 17.7 Å². The highest BCUT2D eigenvalue weighted by molar-refractivity contribution is 5.85. The molecule has 1 fully saturated rings. The first-order valence-electron chi connectivity index (χ1n) is 8.23. The lowest BCUT2D eigenvalue weighted by Crippen LogP contribution is -2.48. The van der Waals surface area contributed by atoms with Crippen molar-refractivity contribution in [1.82, 2.24) is 15.2 Å². The molecule has 1 aromatic rings. The summed E-state index contributed by atoms with van der Waals surface area (Å²) in [6.45, 7) is 3.62. The molecular formula is C17H22F3N3O2. The maximum absolute atomic E-state index is 14.1. The largest absolute Gasteiger partial charge is 0.368 e. The maximum Gasteiger partial charge on any atom is 0.368 e. The molecular weight excluding hydrogens is 335 g/mol. The van der Waals surface area contributed by atoms with Crippen molar-refractivity contribution in [3.05, 3.63) is 29.8 Å². The molecule has 3 atom stereocenters. The molecule has 5 nitrogen and oxygen atoms in total. The van der Waals surface area contributed by atoms with E-state index in [0.717, 1.165) is 31.2 Å². The van der Waals surface area contributed by atoms with Gasteiger partial charge in [-0.25, -0.2) is 4.39 Å². The van der Waals surface area contributed by atoms with Crippen LogP contribution < -0.4 is 5.32 Å². The van der Waals surface area contributed by atoms with Crippen LogP contribution in [0.3, 0.4) is 0 Å². The molecule has 1 aliphatic rings. The molecule has 1 aliphatic carbocycles. The number of pyridine rings is 1. The molecule has 0 aromatic carbocycles. The average molecular weight is 357 g/mol. The Bertz CT molecular complexity index is 654. The summed E-state index contributed by atoms with van der Waals surface area (Å²) < 4.78 is 41.7. The zero-order valence-electron chi connectivity index (χ0n) is 14.4. The van der Waals surface area contributed by atoms with Gasteiger partial charge < -0.3 is 10.2 Å². The van der Waals surface area contributed by atoms with E-state index < -0.39 is 29.4 Å².